The fourth-order valence-corrected chi connectivity index (χ4v) is 3.05. The van der Waals surface area contributed by atoms with Crippen molar-refractivity contribution in [2.75, 3.05) is 13.2 Å². The van der Waals surface area contributed by atoms with Crippen LogP contribution in [0.5, 0.6) is 0 Å². The average Bonchev–Trinajstić information content (AvgIpc) is 3.37. The standard InChI is InChI=1S/C13H24O2.C13H24O/c1-5-10(2)11(3)7-6-8-13(4)12(9-14)15-13;1-5-12(3)13(4)8-6-7-11(2)9-10-14/h6-7,10-12,14H,5,8-9H2,1-4H3;6,8-9,12-14H,5,7,10H2,1-4H3/b7-6+;8-6+,11-9+/t10-,11-,12+,13+;12-,13-/m00/s1. The van der Waals surface area contributed by atoms with E-state index in [4.69, 9.17) is 14.9 Å². The van der Waals surface area contributed by atoms with Crippen LogP contribution in [0.25, 0.3) is 0 Å². The van der Waals surface area contributed by atoms with Gasteiger partial charge in [0, 0.05) is 0 Å². The third kappa shape index (κ3) is 11.8. The molecule has 0 saturated carbocycles. The number of hydrogen-bond donors (Lipinski definition) is 2. The first-order chi connectivity index (χ1) is 13.6. The minimum absolute atomic E-state index is 0.0565. The average molecular weight is 409 g/mol. The number of epoxide rings is 1. The van der Waals surface area contributed by atoms with Crippen LogP contribution in [0.15, 0.2) is 36.0 Å². The zero-order valence-corrected chi connectivity index (χ0v) is 20.3. The van der Waals surface area contributed by atoms with Crippen molar-refractivity contribution in [2.24, 2.45) is 23.7 Å². The van der Waals surface area contributed by atoms with Gasteiger partial charge in [0.1, 0.15) is 6.10 Å². The molecule has 1 heterocycles. The van der Waals surface area contributed by atoms with Crippen LogP contribution >= 0.6 is 0 Å². The van der Waals surface area contributed by atoms with Crippen molar-refractivity contribution >= 4 is 0 Å². The van der Waals surface area contributed by atoms with E-state index in [1.54, 1.807) is 0 Å². The van der Waals surface area contributed by atoms with E-state index < -0.39 is 0 Å². The summed E-state index contributed by atoms with van der Waals surface area (Å²) in [7, 11) is 0. The van der Waals surface area contributed by atoms with Crippen LogP contribution < -0.4 is 0 Å². The topological polar surface area (TPSA) is 53.0 Å². The van der Waals surface area contributed by atoms with Gasteiger partial charge in [0.15, 0.2) is 0 Å². The van der Waals surface area contributed by atoms with Crippen LogP contribution in [0.1, 0.15) is 81.1 Å². The number of aliphatic hydroxyl groups excluding tert-OH is 2. The maximum atomic E-state index is 8.93. The Bertz CT molecular complexity index is 508. The number of ether oxygens (including phenoxy) is 1. The highest BCUT2D eigenvalue weighted by atomic mass is 16.6. The van der Waals surface area contributed by atoms with Gasteiger partial charge in [0.2, 0.25) is 0 Å². The van der Waals surface area contributed by atoms with Crippen LogP contribution in [-0.4, -0.2) is 35.1 Å². The van der Waals surface area contributed by atoms with Gasteiger partial charge in [0.05, 0.1) is 18.8 Å². The molecule has 0 radical (unpaired) electrons. The minimum atomic E-state index is -0.0968. The van der Waals surface area contributed by atoms with Crippen LogP contribution in [0, 0.1) is 23.7 Å². The molecule has 170 valence electrons. The van der Waals surface area contributed by atoms with E-state index in [1.165, 1.54) is 18.4 Å². The SMILES string of the molecule is CC[C@H](C)[C@@H](C)/C=C/C/C(C)=C/CO.CC[C@H](C)[C@@H](C)/C=C/C[C@@]1(C)O[C@@H]1CO. The maximum Gasteiger partial charge on any atom is 0.110 e. The highest BCUT2D eigenvalue weighted by molar-refractivity contribution is 5.06. The molecule has 1 saturated heterocycles. The monoisotopic (exact) mass is 408 g/mol. The molecular formula is C26H48O3. The maximum absolute atomic E-state index is 8.93. The Labute approximate surface area is 180 Å². The van der Waals surface area contributed by atoms with Crippen molar-refractivity contribution in [3.05, 3.63) is 36.0 Å². The molecule has 0 unspecified atom stereocenters. The number of allylic oxidation sites excluding steroid dienone is 4. The van der Waals surface area contributed by atoms with Gasteiger partial charge in [-0.3, -0.25) is 0 Å². The van der Waals surface area contributed by atoms with Gasteiger partial charge in [-0.05, 0) is 50.4 Å². The number of aliphatic hydroxyl groups is 2. The van der Waals surface area contributed by atoms with Crippen LogP contribution in [0.4, 0.5) is 0 Å². The molecule has 2 N–H and O–H groups in total. The van der Waals surface area contributed by atoms with Crippen LogP contribution in [-0.2, 0) is 4.74 Å². The summed E-state index contributed by atoms with van der Waals surface area (Å²) in [6.45, 7) is 17.9. The number of rotatable bonds is 12. The second kappa shape index (κ2) is 15.0. The first-order valence-electron chi connectivity index (χ1n) is 11.5. The molecule has 0 aromatic heterocycles. The zero-order chi connectivity index (χ0) is 22.4. The van der Waals surface area contributed by atoms with E-state index in [2.05, 4.69) is 79.7 Å². The number of hydrogen-bond acceptors (Lipinski definition) is 3. The Kier molecular flexibility index (Phi) is 14.5. The van der Waals surface area contributed by atoms with Crippen molar-refractivity contribution in [1.29, 1.82) is 0 Å². The Morgan fingerprint density at radius 1 is 0.966 bits per heavy atom. The van der Waals surface area contributed by atoms with Gasteiger partial charge in [0.25, 0.3) is 0 Å². The minimum Gasteiger partial charge on any atom is -0.394 e. The van der Waals surface area contributed by atoms with E-state index in [0.717, 1.165) is 24.7 Å². The first kappa shape index (κ1) is 28.1. The summed E-state index contributed by atoms with van der Waals surface area (Å²) in [6, 6.07) is 0. The van der Waals surface area contributed by atoms with E-state index in [1.807, 2.05) is 6.08 Å². The molecule has 1 rings (SSSR count). The normalized spacial score (nSPS) is 26.1. The summed E-state index contributed by atoms with van der Waals surface area (Å²) in [5.74, 6) is 2.78. The molecule has 0 aromatic carbocycles. The Balaban J connectivity index is 0.000000543. The summed E-state index contributed by atoms with van der Waals surface area (Å²) in [6.07, 6.45) is 15.2. The summed E-state index contributed by atoms with van der Waals surface area (Å²) in [4.78, 5) is 0. The lowest BCUT2D eigenvalue weighted by Gasteiger charge is -2.13. The molecule has 1 fully saturated rings. The molecule has 0 aromatic rings. The lowest BCUT2D eigenvalue weighted by atomic mass is 9.92. The summed E-state index contributed by atoms with van der Waals surface area (Å²) >= 11 is 0. The predicted molar refractivity (Wildman–Crippen MR) is 126 cm³/mol. The van der Waals surface area contributed by atoms with Crippen molar-refractivity contribution in [1.82, 2.24) is 0 Å². The van der Waals surface area contributed by atoms with Gasteiger partial charge in [-0.1, -0.05) is 90.3 Å². The molecule has 0 bridgehead atoms. The first-order valence-corrected chi connectivity index (χ1v) is 11.5. The van der Waals surface area contributed by atoms with Crippen molar-refractivity contribution < 1.29 is 14.9 Å². The van der Waals surface area contributed by atoms with E-state index >= 15 is 0 Å². The molecule has 0 aliphatic carbocycles. The predicted octanol–water partition coefficient (Wildman–Crippen LogP) is 6.32. The highest BCUT2D eigenvalue weighted by Gasteiger charge is 2.50. The second-order valence-corrected chi connectivity index (χ2v) is 9.09. The summed E-state index contributed by atoms with van der Waals surface area (Å²) in [5.41, 5.74) is 1.14. The lowest BCUT2D eigenvalue weighted by molar-refractivity contribution is 0.237. The Morgan fingerprint density at radius 2 is 1.48 bits per heavy atom. The molecule has 0 spiro atoms. The van der Waals surface area contributed by atoms with Crippen molar-refractivity contribution in [3.8, 4) is 0 Å². The molecule has 1 aliphatic rings. The zero-order valence-electron chi connectivity index (χ0n) is 20.3. The fourth-order valence-electron chi connectivity index (χ4n) is 3.05. The molecule has 6 atom stereocenters. The largest absolute Gasteiger partial charge is 0.394 e. The van der Waals surface area contributed by atoms with Crippen LogP contribution in [0.2, 0.25) is 0 Å². The smallest absolute Gasteiger partial charge is 0.110 e. The molecule has 29 heavy (non-hydrogen) atoms. The highest BCUT2D eigenvalue weighted by Crippen LogP contribution is 2.39. The molecule has 3 heteroatoms. The third-order valence-corrected chi connectivity index (χ3v) is 6.57. The van der Waals surface area contributed by atoms with Crippen molar-refractivity contribution in [3.63, 3.8) is 0 Å². The van der Waals surface area contributed by atoms with E-state index in [-0.39, 0.29) is 24.9 Å². The molecule has 3 nitrogen and oxygen atoms in total. The fraction of sp³-hybridized carbons (Fsp3) is 0.769. The van der Waals surface area contributed by atoms with E-state index in [9.17, 15) is 0 Å². The Morgan fingerprint density at radius 3 is 1.90 bits per heavy atom. The Hall–Kier alpha value is -0.900. The molecule has 1 aliphatic heterocycles. The van der Waals surface area contributed by atoms with Gasteiger partial charge >= 0.3 is 0 Å². The summed E-state index contributed by atoms with van der Waals surface area (Å²) in [5, 5.41) is 17.6. The van der Waals surface area contributed by atoms with Crippen LogP contribution in [0.3, 0.4) is 0 Å². The van der Waals surface area contributed by atoms with E-state index in [0.29, 0.717) is 11.8 Å². The molecule has 0 amide bonds. The lowest BCUT2D eigenvalue weighted by Crippen LogP contribution is -2.11. The van der Waals surface area contributed by atoms with Crippen molar-refractivity contribution in [2.45, 2.75) is 92.8 Å². The third-order valence-electron chi connectivity index (χ3n) is 6.57. The quantitative estimate of drug-likeness (QED) is 0.293. The van der Waals surface area contributed by atoms with Gasteiger partial charge in [-0.2, -0.15) is 0 Å². The van der Waals surface area contributed by atoms with Gasteiger partial charge in [-0.15, -0.1) is 0 Å². The van der Waals surface area contributed by atoms with Gasteiger partial charge in [-0.25, -0.2) is 0 Å². The second-order valence-electron chi connectivity index (χ2n) is 9.09. The molecular weight excluding hydrogens is 360 g/mol. The van der Waals surface area contributed by atoms with Gasteiger partial charge < -0.3 is 14.9 Å². The summed E-state index contributed by atoms with van der Waals surface area (Å²) < 4.78 is 5.42.